The molecule has 2 bridgehead atoms. The van der Waals surface area contributed by atoms with Crippen molar-refractivity contribution in [2.24, 2.45) is 17.8 Å². The summed E-state index contributed by atoms with van der Waals surface area (Å²) in [6.07, 6.45) is 6.19. The number of alkyl halides is 3. The fourth-order valence-electron chi connectivity index (χ4n) is 5.89. The molecular weight excluding hydrogens is 455 g/mol. The van der Waals surface area contributed by atoms with Gasteiger partial charge in [0.15, 0.2) is 0 Å². The molecule has 4 aliphatic rings. The molecule has 2 atom stereocenters. The highest BCUT2D eigenvalue weighted by molar-refractivity contribution is 7.89. The van der Waals surface area contributed by atoms with E-state index in [1.807, 2.05) is 4.90 Å². The lowest BCUT2D eigenvalue weighted by Gasteiger charge is -2.39. The Morgan fingerprint density at radius 1 is 1.27 bits per heavy atom. The van der Waals surface area contributed by atoms with Crippen LogP contribution in [0, 0.1) is 36.0 Å². The number of anilines is 1. The summed E-state index contributed by atoms with van der Waals surface area (Å²) >= 11 is 0. The normalized spacial score (nSPS) is 27.5. The number of sulfonamides is 1. The third kappa shape index (κ3) is 3.60. The first kappa shape index (κ1) is 22.2. The van der Waals surface area contributed by atoms with Crippen LogP contribution in [0.1, 0.15) is 41.6 Å². The van der Waals surface area contributed by atoms with Crippen molar-refractivity contribution in [3.05, 3.63) is 47.0 Å². The Morgan fingerprint density at radius 2 is 2.03 bits per heavy atom. The number of nitriles is 1. The lowest BCUT2D eigenvalue weighted by atomic mass is 9.80. The van der Waals surface area contributed by atoms with E-state index in [0.29, 0.717) is 45.1 Å². The number of fused-ring (bicyclic) bond motifs is 2. The van der Waals surface area contributed by atoms with Crippen molar-refractivity contribution in [2.75, 3.05) is 11.4 Å². The second kappa shape index (κ2) is 7.74. The molecule has 33 heavy (non-hydrogen) atoms. The summed E-state index contributed by atoms with van der Waals surface area (Å²) in [6, 6.07) is 5.05. The van der Waals surface area contributed by atoms with Crippen LogP contribution in [0.5, 0.6) is 0 Å². The smallest absolute Gasteiger partial charge is 0.361 e. The van der Waals surface area contributed by atoms with E-state index >= 15 is 0 Å². The molecule has 0 saturated heterocycles. The van der Waals surface area contributed by atoms with Crippen LogP contribution in [0.3, 0.4) is 0 Å². The predicted octanol–water partition coefficient (Wildman–Crippen LogP) is 3.68. The van der Waals surface area contributed by atoms with E-state index in [0.717, 1.165) is 25.0 Å². The molecule has 11 heteroatoms. The molecule has 0 spiro atoms. The van der Waals surface area contributed by atoms with Crippen LogP contribution in [0.4, 0.5) is 18.9 Å². The van der Waals surface area contributed by atoms with Gasteiger partial charge in [-0.15, -0.1) is 0 Å². The minimum atomic E-state index is -5.55. The van der Waals surface area contributed by atoms with Crippen LogP contribution in [0.25, 0.3) is 0 Å². The van der Waals surface area contributed by atoms with Gasteiger partial charge in [-0.05, 0) is 67.2 Å². The molecule has 2 heterocycles. The summed E-state index contributed by atoms with van der Waals surface area (Å²) in [5, 5.41) is 9.49. The van der Waals surface area contributed by atoms with Gasteiger partial charge in [0.05, 0.1) is 30.2 Å². The number of hydrogen-bond donors (Lipinski definition) is 1. The topological polar surface area (TPSA) is 93.1 Å². The average molecular weight is 480 g/mol. The highest BCUT2D eigenvalue weighted by Gasteiger charge is 2.54. The Kier molecular flexibility index (Phi) is 5.21. The minimum absolute atomic E-state index is 0.103. The quantitative estimate of drug-likeness (QED) is 0.722. The maximum Gasteiger partial charge on any atom is 0.511 e. The van der Waals surface area contributed by atoms with Crippen molar-refractivity contribution in [1.29, 1.82) is 5.26 Å². The molecule has 1 N–H and O–H groups in total. The molecule has 6 rings (SSSR count). The molecule has 2 aromatic rings. The highest BCUT2D eigenvalue weighted by atomic mass is 32.2. The fraction of sp³-hybridized carbons (Fsp3) is 0.545. The Hall–Kier alpha value is -2.58. The highest BCUT2D eigenvalue weighted by Crippen LogP contribution is 2.55. The number of aromatic nitrogens is 2. The fourth-order valence-corrected chi connectivity index (χ4v) is 6.83. The first-order valence-electron chi connectivity index (χ1n) is 10.9. The Bertz CT molecular complexity index is 1200. The SMILES string of the molecule is Cc1c(C#N)ccc2c1CN(S(=O)(=O)C(F)(F)F)CC(C1CC3CC1C3)N2Cc1cnc[nH]1. The van der Waals surface area contributed by atoms with Crippen molar-refractivity contribution in [3.63, 3.8) is 0 Å². The number of nitrogens with one attached hydrogen (secondary N) is 1. The zero-order valence-electron chi connectivity index (χ0n) is 18.0. The minimum Gasteiger partial charge on any atom is -0.361 e. The summed E-state index contributed by atoms with van der Waals surface area (Å²) in [5.74, 6) is 1.05. The number of rotatable bonds is 4. The van der Waals surface area contributed by atoms with E-state index in [1.54, 1.807) is 31.6 Å². The Labute approximate surface area is 190 Å². The largest absolute Gasteiger partial charge is 0.511 e. The summed E-state index contributed by atoms with van der Waals surface area (Å²) in [6.45, 7) is 1.35. The van der Waals surface area contributed by atoms with Gasteiger partial charge in [-0.2, -0.15) is 22.7 Å². The first-order valence-corrected chi connectivity index (χ1v) is 12.4. The Morgan fingerprint density at radius 3 is 2.61 bits per heavy atom. The van der Waals surface area contributed by atoms with Crippen LogP contribution in [-0.2, 0) is 23.1 Å². The van der Waals surface area contributed by atoms with Crippen molar-refractivity contribution < 1.29 is 21.6 Å². The van der Waals surface area contributed by atoms with Crippen molar-refractivity contribution >= 4 is 15.7 Å². The summed E-state index contributed by atoms with van der Waals surface area (Å²) in [4.78, 5) is 9.15. The number of aromatic amines is 1. The molecule has 2 unspecified atom stereocenters. The van der Waals surface area contributed by atoms with E-state index in [-0.39, 0.29) is 12.5 Å². The van der Waals surface area contributed by atoms with Gasteiger partial charge < -0.3 is 9.88 Å². The van der Waals surface area contributed by atoms with Crippen molar-refractivity contribution in [3.8, 4) is 6.07 Å². The number of nitrogens with zero attached hydrogens (tertiary/aromatic N) is 4. The number of hydrogen-bond acceptors (Lipinski definition) is 5. The van der Waals surface area contributed by atoms with Crippen LogP contribution in [0.2, 0.25) is 0 Å². The lowest BCUT2D eigenvalue weighted by molar-refractivity contribution is -0.0493. The van der Waals surface area contributed by atoms with Gasteiger partial charge in [0.25, 0.3) is 0 Å². The van der Waals surface area contributed by atoms with Crippen LogP contribution < -0.4 is 4.90 Å². The van der Waals surface area contributed by atoms with Gasteiger partial charge >= 0.3 is 15.5 Å². The van der Waals surface area contributed by atoms with Crippen molar-refractivity contribution in [2.45, 2.75) is 50.8 Å². The molecule has 1 aliphatic heterocycles. The molecule has 3 aliphatic carbocycles. The van der Waals surface area contributed by atoms with Crippen LogP contribution in [0.15, 0.2) is 24.7 Å². The van der Waals surface area contributed by atoms with E-state index in [1.165, 1.54) is 0 Å². The molecule has 7 nitrogen and oxygen atoms in total. The predicted molar refractivity (Wildman–Crippen MR) is 114 cm³/mol. The van der Waals surface area contributed by atoms with E-state index in [9.17, 15) is 26.9 Å². The summed E-state index contributed by atoms with van der Waals surface area (Å²) < 4.78 is 66.8. The average Bonchev–Trinajstić information content (AvgIpc) is 3.45. The number of benzene rings is 1. The molecule has 1 aromatic carbocycles. The molecule has 176 valence electrons. The Balaban J connectivity index is 1.67. The van der Waals surface area contributed by atoms with Gasteiger partial charge in [0.1, 0.15) is 0 Å². The van der Waals surface area contributed by atoms with E-state index in [2.05, 4.69) is 16.0 Å². The van der Waals surface area contributed by atoms with Gasteiger partial charge in [-0.25, -0.2) is 13.4 Å². The zero-order chi connectivity index (χ0) is 23.5. The molecule has 1 aromatic heterocycles. The maximum atomic E-state index is 13.7. The molecular formula is C22H24F3N5O2S. The van der Waals surface area contributed by atoms with Gasteiger partial charge in [0, 0.05) is 31.0 Å². The summed E-state index contributed by atoms with van der Waals surface area (Å²) in [5.41, 5.74) is -2.67. The first-order chi connectivity index (χ1) is 15.6. The van der Waals surface area contributed by atoms with Crippen LogP contribution >= 0.6 is 0 Å². The summed E-state index contributed by atoms with van der Waals surface area (Å²) in [7, 11) is -5.55. The second-order valence-corrected chi connectivity index (χ2v) is 11.3. The third-order valence-corrected chi connectivity index (χ3v) is 9.18. The van der Waals surface area contributed by atoms with Crippen molar-refractivity contribution in [1.82, 2.24) is 14.3 Å². The van der Waals surface area contributed by atoms with E-state index < -0.39 is 28.1 Å². The molecule has 0 amide bonds. The standard InChI is InChI=1S/C22H24F3N5O2S/c1-13-15(7-26)2-3-20-19(13)10-29(33(31,32)22(23,24)25)11-21(18-6-14-4-16(18)5-14)30(20)9-17-8-27-12-28-17/h2-3,8,12,14,16,18,21H,4-6,9-11H2,1H3,(H,27,28). The maximum absolute atomic E-state index is 13.7. The number of H-pyrrole nitrogens is 1. The van der Waals surface area contributed by atoms with Gasteiger partial charge in [-0.3, -0.25) is 0 Å². The zero-order valence-corrected chi connectivity index (χ0v) is 18.8. The van der Waals surface area contributed by atoms with Gasteiger partial charge in [0.2, 0.25) is 0 Å². The van der Waals surface area contributed by atoms with Crippen LogP contribution in [-0.4, -0.2) is 40.8 Å². The van der Waals surface area contributed by atoms with E-state index in [4.69, 9.17) is 0 Å². The molecule has 3 fully saturated rings. The molecule has 0 radical (unpaired) electrons. The number of imidazole rings is 1. The second-order valence-electron chi connectivity index (χ2n) is 9.36. The lowest BCUT2D eigenvalue weighted by Crippen LogP contribution is -2.50. The third-order valence-electron chi connectivity index (χ3n) is 7.63. The number of halogens is 3. The monoisotopic (exact) mass is 479 g/mol. The van der Waals surface area contributed by atoms with Gasteiger partial charge in [-0.1, -0.05) is 0 Å². The molecule has 3 saturated carbocycles.